The lowest BCUT2D eigenvalue weighted by atomic mass is 9.85. The van der Waals surface area contributed by atoms with E-state index in [1.807, 2.05) is 12.1 Å². The quantitative estimate of drug-likeness (QED) is 0.402. The Morgan fingerprint density at radius 1 is 1.06 bits per heavy atom. The van der Waals surface area contributed by atoms with Gasteiger partial charge in [-0.1, -0.05) is 107 Å². The zero-order chi connectivity index (χ0) is 25.9. The summed E-state index contributed by atoms with van der Waals surface area (Å²) in [6.45, 7) is 10.8. The van der Waals surface area contributed by atoms with Gasteiger partial charge in [-0.2, -0.15) is 5.10 Å². The van der Waals surface area contributed by atoms with Gasteiger partial charge in [-0.25, -0.2) is 9.50 Å². The minimum Gasteiger partial charge on any atom is -0.402 e. The molecule has 1 aliphatic carbocycles. The fourth-order valence-corrected chi connectivity index (χ4v) is 10.9. The fraction of sp³-hybridized carbons (Fsp3) is 0.321. The summed E-state index contributed by atoms with van der Waals surface area (Å²) in [6.07, 6.45) is 1.20. The molecule has 0 radical (unpaired) electrons. The van der Waals surface area contributed by atoms with Crippen LogP contribution in [0.5, 0.6) is 0 Å². The fourth-order valence-electron chi connectivity index (χ4n) is 5.91. The SMILES string of the molecule is CC1(C)c2c(cnc3cc(Cl)nn23)C(C(N)=O)C1O[Si](c1ccccc1)(c1ccccc1)C(C)(C)C. The first-order valence-corrected chi connectivity index (χ1v) is 14.4. The molecule has 2 atom stereocenters. The van der Waals surface area contributed by atoms with Crippen LogP contribution in [-0.2, 0) is 14.6 Å². The molecule has 5 rings (SSSR count). The van der Waals surface area contributed by atoms with Crippen molar-refractivity contribution in [1.82, 2.24) is 14.6 Å². The minimum atomic E-state index is -2.98. The Bertz CT molecular complexity index is 1390. The van der Waals surface area contributed by atoms with Crippen molar-refractivity contribution in [2.45, 2.75) is 57.1 Å². The highest BCUT2D eigenvalue weighted by Gasteiger charge is 2.59. The standard InChI is InChI=1S/C28H31ClN4O2Si/c1-27(2,3)36(18-12-8-6-9-13-18,19-14-10-7-11-15-19)35-25-23(26(30)34)20-17-31-22-16-21(29)32-33(22)24(20)28(25,4)5/h6-17,23,25H,1-5H3,(H2,30,34). The molecule has 4 aromatic rings. The number of fused-ring (bicyclic) bond motifs is 3. The molecule has 2 heterocycles. The second-order valence-corrected chi connectivity index (χ2v) is 15.7. The summed E-state index contributed by atoms with van der Waals surface area (Å²) < 4.78 is 9.24. The highest BCUT2D eigenvalue weighted by Crippen LogP contribution is 2.50. The molecule has 6 nitrogen and oxygen atoms in total. The van der Waals surface area contributed by atoms with Gasteiger partial charge >= 0.3 is 0 Å². The molecule has 0 fully saturated rings. The van der Waals surface area contributed by atoms with Crippen molar-refractivity contribution in [2.24, 2.45) is 5.73 Å². The van der Waals surface area contributed by atoms with E-state index in [1.54, 1.807) is 16.8 Å². The molecular formula is C28H31ClN4O2Si. The predicted octanol–water partition coefficient (Wildman–Crippen LogP) is 4.19. The van der Waals surface area contributed by atoms with E-state index in [1.165, 1.54) is 0 Å². The summed E-state index contributed by atoms with van der Waals surface area (Å²) in [4.78, 5) is 17.6. The number of halogens is 1. The predicted molar refractivity (Wildman–Crippen MR) is 145 cm³/mol. The molecule has 1 amide bonds. The van der Waals surface area contributed by atoms with Crippen molar-refractivity contribution in [3.8, 4) is 0 Å². The maximum atomic E-state index is 13.1. The summed E-state index contributed by atoms with van der Waals surface area (Å²) >= 11 is 6.25. The molecule has 2 aromatic heterocycles. The average molecular weight is 519 g/mol. The lowest BCUT2D eigenvalue weighted by Gasteiger charge is -2.47. The number of carbonyl (C=O) groups is 1. The molecule has 186 valence electrons. The highest BCUT2D eigenvalue weighted by atomic mass is 35.5. The van der Waals surface area contributed by atoms with Gasteiger partial charge in [0.2, 0.25) is 5.91 Å². The summed E-state index contributed by atoms with van der Waals surface area (Å²) in [5.41, 5.74) is 7.70. The van der Waals surface area contributed by atoms with Crippen molar-refractivity contribution in [3.05, 3.63) is 89.3 Å². The molecule has 2 aromatic carbocycles. The van der Waals surface area contributed by atoms with Gasteiger partial charge in [0, 0.05) is 23.2 Å². The van der Waals surface area contributed by atoms with E-state index < -0.39 is 31.7 Å². The van der Waals surface area contributed by atoms with E-state index in [2.05, 4.69) is 93.2 Å². The molecule has 8 heteroatoms. The molecule has 0 bridgehead atoms. The molecule has 36 heavy (non-hydrogen) atoms. The van der Waals surface area contributed by atoms with Gasteiger partial charge in [0.05, 0.1) is 17.7 Å². The van der Waals surface area contributed by atoms with Crippen LogP contribution in [0, 0.1) is 0 Å². The lowest BCUT2D eigenvalue weighted by Crippen LogP contribution is -2.69. The number of primary amides is 1. The molecule has 2 unspecified atom stereocenters. The van der Waals surface area contributed by atoms with E-state index in [0.717, 1.165) is 21.6 Å². The average Bonchev–Trinajstić information content (AvgIpc) is 3.31. The first-order chi connectivity index (χ1) is 17.0. The third-order valence-corrected chi connectivity index (χ3v) is 12.7. The molecule has 0 spiro atoms. The number of nitrogens with two attached hydrogens (primary N) is 1. The van der Waals surface area contributed by atoms with E-state index in [9.17, 15) is 4.79 Å². The Labute approximate surface area is 217 Å². The normalized spacial score (nSPS) is 19.4. The minimum absolute atomic E-state index is 0.259. The summed E-state index contributed by atoms with van der Waals surface area (Å²) in [5.74, 6) is -1.12. The van der Waals surface area contributed by atoms with Crippen LogP contribution in [0.4, 0.5) is 0 Å². The van der Waals surface area contributed by atoms with Crippen LogP contribution in [0.2, 0.25) is 10.2 Å². The van der Waals surface area contributed by atoms with Gasteiger partial charge in [-0.05, 0) is 15.4 Å². The topological polar surface area (TPSA) is 82.5 Å². The second-order valence-electron chi connectivity index (χ2n) is 11.1. The summed E-state index contributed by atoms with van der Waals surface area (Å²) in [7, 11) is -2.98. The maximum Gasteiger partial charge on any atom is 0.261 e. The van der Waals surface area contributed by atoms with Gasteiger partial charge in [0.1, 0.15) is 0 Å². The highest BCUT2D eigenvalue weighted by molar-refractivity contribution is 6.99. The third kappa shape index (κ3) is 3.60. The van der Waals surface area contributed by atoms with Crippen molar-refractivity contribution in [1.29, 1.82) is 0 Å². The van der Waals surface area contributed by atoms with Crippen molar-refractivity contribution >= 4 is 41.8 Å². The number of carbonyl (C=O) groups excluding carboxylic acids is 1. The monoisotopic (exact) mass is 518 g/mol. The van der Waals surface area contributed by atoms with Crippen LogP contribution in [0.3, 0.4) is 0 Å². The van der Waals surface area contributed by atoms with Gasteiger partial charge in [0.25, 0.3) is 8.32 Å². The summed E-state index contributed by atoms with van der Waals surface area (Å²) in [6, 6.07) is 22.5. The second kappa shape index (κ2) is 8.54. The van der Waals surface area contributed by atoms with Crippen molar-refractivity contribution in [3.63, 3.8) is 0 Å². The number of benzene rings is 2. The molecule has 0 saturated carbocycles. The van der Waals surface area contributed by atoms with E-state index >= 15 is 0 Å². The van der Waals surface area contributed by atoms with E-state index in [0.29, 0.717) is 10.8 Å². The smallest absolute Gasteiger partial charge is 0.261 e. The van der Waals surface area contributed by atoms with Crippen molar-refractivity contribution < 1.29 is 9.22 Å². The van der Waals surface area contributed by atoms with Crippen LogP contribution in [-0.4, -0.2) is 34.9 Å². The molecule has 0 aliphatic heterocycles. The van der Waals surface area contributed by atoms with Crippen LogP contribution in [0.25, 0.3) is 5.65 Å². The Kier molecular flexibility index (Phi) is 5.86. The largest absolute Gasteiger partial charge is 0.402 e. The Morgan fingerprint density at radius 3 is 2.11 bits per heavy atom. The van der Waals surface area contributed by atoms with Gasteiger partial charge in [-0.3, -0.25) is 4.79 Å². The van der Waals surface area contributed by atoms with E-state index in [-0.39, 0.29) is 5.04 Å². The zero-order valence-electron chi connectivity index (χ0n) is 21.2. The summed E-state index contributed by atoms with van der Waals surface area (Å²) in [5, 5.41) is 6.87. The molecule has 2 N–H and O–H groups in total. The Hall–Kier alpha value is -3.00. The Morgan fingerprint density at radius 2 is 1.61 bits per heavy atom. The number of hydrogen-bond donors (Lipinski definition) is 1. The number of aromatic nitrogens is 3. The van der Waals surface area contributed by atoms with Crippen LogP contribution in [0.15, 0.2) is 72.9 Å². The maximum absolute atomic E-state index is 13.1. The third-order valence-electron chi connectivity index (χ3n) is 7.47. The number of hydrogen-bond acceptors (Lipinski definition) is 4. The number of nitrogens with zero attached hydrogens (tertiary/aromatic N) is 3. The molecule has 0 saturated heterocycles. The van der Waals surface area contributed by atoms with Crippen LogP contribution >= 0.6 is 11.6 Å². The van der Waals surface area contributed by atoms with Gasteiger partial charge < -0.3 is 10.2 Å². The van der Waals surface area contributed by atoms with Crippen molar-refractivity contribution in [2.75, 3.05) is 0 Å². The number of amides is 1. The lowest BCUT2D eigenvalue weighted by molar-refractivity contribution is -0.122. The first kappa shape index (κ1) is 24.7. The van der Waals surface area contributed by atoms with E-state index in [4.69, 9.17) is 21.8 Å². The first-order valence-electron chi connectivity index (χ1n) is 12.1. The van der Waals surface area contributed by atoms with Gasteiger partial charge in [0.15, 0.2) is 10.8 Å². The molecular weight excluding hydrogens is 488 g/mol. The Balaban J connectivity index is 1.78. The van der Waals surface area contributed by atoms with Gasteiger partial charge in [-0.15, -0.1) is 0 Å². The van der Waals surface area contributed by atoms with Crippen LogP contribution in [0.1, 0.15) is 51.8 Å². The van der Waals surface area contributed by atoms with Crippen LogP contribution < -0.4 is 16.1 Å². The number of rotatable bonds is 5. The molecule has 1 aliphatic rings. The zero-order valence-corrected chi connectivity index (χ0v) is 23.0.